The summed E-state index contributed by atoms with van der Waals surface area (Å²) in [4.78, 5) is 45.5. The molecule has 0 radical (unpaired) electrons. The van der Waals surface area contributed by atoms with Gasteiger partial charge in [0, 0.05) is 12.8 Å². The lowest BCUT2D eigenvalue weighted by molar-refractivity contribution is -0.158. The van der Waals surface area contributed by atoms with Crippen LogP contribution in [0.5, 0.6) is 0 Å². The molecule has 28 heavy (non-hydrogen) atoms. The Morgan fingerprint density at radius 1 is 0.607 bits per heavy atom. The number of hydrogen-bond donors (Lipinski definition) is 2. The molecule has 8 nitrogen and oxygen atoms in total. The minimum Gasteiger partial charge on any atom is -0.481 e. The van der Waals surface area contributed by atoms with Crippen LogP contribution in [-0.2, 0) is 28.7 Å². The van der Waals surface area contributed by atoms with Crippen molar-refractivity contribution in [3.63, 3.8) is 0 Å². The number of esters is 2. The summed E-state index contributed by atoms with van der Waals surface area (Å²) in [5.74, 6) is -3.69. The van der Waals surface area contributed by atoms with Crippen LogP contribution < -0.4 is 0 Å². The fourth-order valence-corrected chi connectivity index (χ4v) is 3.26. The van der Waals surface area contributed by atoms with Crippen LogP contribution >= 0.6 is 0 Å². The summed E-state index contributed by atoms with van der Waals surface area (Å²) < 4.78 is 9.76. The summed E-state index contributed by atoms with van der Waals surface area (Å²) in [6.45, 7) is 0. The van der Waals surface area contributed by atoms with Crippen molar-refractivity contribution in [3.8, 4) is 0 Å². The molecule has 0 aromatic heterocycles. The quantitative estimate of drug-likeness (QED) is 0.280. The van der Waals surface area contributed by atoms with E-state index in [0.29, 0.717) is 38.5 Å². The van der Waals surface area contributed by atoms with Crippen molar-refractivity contribution in [3.05, 3.63) is 0 Å². The van der Waals surface area contributed by atoms with Gasteiger partial charge in [0.15, 0.2) is 0 Å². The van der Waals surface area contributed by atoms with Gasteiger partial charge in [-0.2, -0.15) is 0 Å². The van der Waals surface area contributed by atoms with E-state index in [-0.39, 0.29) is 12.8 Å². The number of carboxylic acids is 2. The normalized spacial score (nSPS) is 12.8. The molecule has 0 amide bonds. The Morgan fingerprint density at radius 2 is 0.929 bits per heavy atom. The molecule has 0 spiro atoms. The molecule has 8 heteroatoms. The monoisotopic (exact) mass is 402 g/mol. The fraction of sp³-hybridized carbons (Fsp3) is 0.800. The Bertz CT molecular complexity index is 445. The molecule has 2 N–H and O–H groups in total. The minimum atomic E-state index is -0.818. The van der Waals surface area contributed by atoms with Gasteiger partial charge in [-0.1, -0.05) is 38.5 Å². The van der Waals surface area contributed by atoms with Gasteiger partial charge in [-0.05, 0) is 25.7 Å². The third-order valence-electron chi connectivity index (χ3n) is 4.81. The third kappa shape index (κ3) is 12.3. The Morgan fingerprint density at radius 3 is 1.21 bits per heavy atom. The summed E-state index contributed by atoms with van der Waals surface area (Å²) >= 11 is 0. The molecule has 0 fully saturated rings. The second kappa shape index (κ2) is 15.9. The zero-order chi connectivity index (χ0) is 21.4. The maximum absolute atomic E-state index is 12.2. The average Bonchev–Trinajstić information content (AvgIpc) is 2.66. The summed E-state index contributed by atoms with van der Waals surface area (Å²) in [7, 11) is 2.59. The predicted molar refractivity (Wildman–Crippen MR) is 102 cm³/mol. The van der Waals surface area contributed by atoms with E-state index in [4.69, 9.17) is 19.7 Å². The topological polar surface area (TPSA) is 127 Å². The number of rotatable bonds is 17. The van der Waals surface area contributed by atoms with Crippen LogP contribution in [0.3, 0.4) is 0 Å². The largest absolute Gasteiger partial charge is 0.481 e. The molecule has 0 rings (SSSR count). The number of carbonyl (C=O) groups is 4. The summed E-state index contributed by atoms with van der Waals surface area (Å²) in [6.07, 6.45) is 6.89. The number of ether oxygens (including phenoxy) is 2. The molecule has 2 atom stereocenters. The number of hydrogen-bond acceptors (Lipinski definition) is 6. The number of aliphatic carboxylic acids is 2. The molecule has 0 saturated heterocycles. The number of carboxylic acid groups (broad SMARTS) is 2. The van der Waals surface area contributed by atoms with E-state index < -0.39 is 35.7 Å². The predicted octanol–water partition coefficient (Wildman–Crippen LogP) is 3.42. The molecule has 0 aliphatic rings. The molecule has 0 aromatic rings. The molecular weight excluding hydrogens is 368 g/mol. The van der Waals surface area contributed by atoms with Crippen LogP contribution in [0.4, 0.5) is 0 Å². The number of unbranched alkanes of at least 4 members (excludes halogenated alkanes) is 6. The first-order valence-corrected chi connectivity index (χ1v) is 9.92. The Kier molecular flexibility index (Phi) is 14.7. The second-order valence-corrected chi connectivity index (χ2v) is 6.95. The molecular formula is C20H34O8. The lowest BCUT2D eigenvalue weighted by Crippen LogP contribution is -2.32. The van der Waals surface area contributed by atoms with Crippen molar-refractivity contribution in [2.45, 2.75) is 77.0 Å². The van der Waals surface area contributed by atoms with Gasteiger partial charge < -0.3 is 19.7 Å². The molecule has 0 aromatic carbocycles. The maximum atomic E-state index is 12.2. The Labute approximate surface area is 166 Å². The van der Waals surface area contributed by atoms with Gasteiger partial charge in [-0.3, -0.25) is 19.2 Å². The minimum absolute atomic E-state index is 0.132. The van der Waals surface area contributed by atoms with Crippen LogP contribution in [-0.4, -0.2) is 48.3 Å². The first kappa shape index (κ1) is 25.9. The third-order valence-corrected chi connectivity index (χ3v) is 4.81. The van der Waals surface area contributed by atoms with E-state index in [1.165, 1.54) is 14.2 Å². The van der Waals surface area contributed by atoms with Crippen molar-refractivity contribution in [1.29, 1.82) is 0 Å². The summed E-state index contributed by atoms with van der Waals surface area (Å²) in [6, 6.07) is 0. The fourth-order valence-electron chi connectivity index (χ4n) is 3.26. The average molecular weight is 402 g/mol. The van der Waals surface area contributed by atoms with Gasteiger partial charge in [-0.25, -0.2) is 0 Å². The molecule has 0 bridgehead atoms. The number of carbonyl (C=O) groups excluding carboxylic acids is 2. The first-order valence-electron chi connectivity index (χ1n) is 9.92. The van der Waals surface area contributed by atoms with Crippen molar-refractivity contribution in [1.82, 2.24) is 0 Å². The highest BCUT2D eigenvalue weighted by atomic mass is 16.5. The zero-order valence-corrected chi connectivity index (χ0v) is 17.0. The van der Waals surface area contributed by atoms with Crippen molar-refractivity contribution in [2.24, 2.45) is 11.8 Å². The van der Waals surface area contributed by atoms with E-state index in [0.717, 1.165) is 25.7 Å². The van der Waals surface area contributed by atoms with E-state index >= 15 is 0 Å². The zero-order valence-electron chi connectivity index (χ0n) is 17.0. The van der Waals surface area contributed by atoms with Crippen LogP contribution in [0.15, 0.2) is 0 Å². The first-order chi connectivity index (χ1) is 13.3. The molecule has 162 valence electrons. The Balaban J connectivity index is 4.57. The summed E-state index contributed by atoms with van der Waals surface area (Å²) in [5.41, 5.74) is 0. The SMILES string of the molecule is COC(=O)C(CCCCCCC(=O)O)C(CCCCCCC(=O)O)C(=O)OC. The highest BCUT2D eigenvalue weighted by molar-refractivity contribution is 5.82. The lowest BCUT2D eigenvalue weighted by atomic mass is 9.83. The van der Waals surface area contributed by atoms with Gasteiger partial charge >= 0.3 is 23.9 Å². The van der Waals surface area contributed by atoms with Crippen LogP contribution in [0.25, 0.3) is 0 Å². The lowest BCUT2D eigenvalue weighted by Gasteiger charge is -2.23. The van der Waals surface area contributed by atoms with Crippen LogP contribution in [0.1, 0.15) is 77.0 Å². The van der Waals surface area contributed by atoms with Gasteiger partial charge in [0.2, 0.25) is 0 Å². The van der Waals surface area contributed by atoms with Crippen LogP contribution in [0.2, 0.25) is 0 Å². The van der Waals surface area contributed by atoms with Gasteiger partial charge in [0.1, 0.15) is 0 Å². The van der Waals surface area contributed by atoms with E-state index in [9.17, 15) is 19.2 Å². The second-order valence-electron chi connectivity index (χ2n) is 6.95. The highest BCUT2D eigenvalue weighted by Crippen LogP contribution is 2.27. The summed E-state index contributed by atoms with van der Waals surface area (Å²) in [5, 5.41) is 17.3. The van der Waals surface area contributed by atoms with E-state index in [1.54, 1.807) is 0 Å². The molecule has 0 aliphatic heterocycles. The maximum Gasteiger partial charge on any atom is 0.309 e. The van der Waals surface area contributed by atoms with Crippen molar-refractivity contribution >= 4 is 23.9 Å². The van der Waals surface area contributed by atoms with Gasteiger partial charge in [-0.15, -0.1) is 0 Å². The molecule has 0 aliphatic carbocycles. The van der Waals surface area contributed by atoms with Gasteiger partial charge in [0.05, 0.1) is 26.1 Å². The van der Waals surface area contributed by atoms with E-state index in [2.05, 4.69) is 0 Å². The highest BCUT2D eigenvalue weighted by Gasteiger charge is 2.34. The molecule has 0 saturated carbocycles. The smallest absolute Gasteiger partial charge is 0.309 e. The van der Waals surface area contributed by atoms with Crippen LogP contribution in [0, 0.1) is 11.8 Å². The molecule has 0 heterocycles. The van der Waals surface area contributed by atoms with E-state index in [1.807, 2.05) is 0 Å². The van der Waals surface area contributed by atoms with Crippen molar-refractivity contribution in [2.75, 3.05) is 14.2 Å². The number of methoxy groups -OCH3 is 2. The Hall–Kier alpha value is -2.12. The van der Waals surface area contributed by atoms with Crippen molar-refractivity contribution < 1.29 is 38.9 Å². The molecule has 2 unspecified atom stereocenters. The standard InChI is InChI=1S/C20H34O8/c1-27-19(25)15(11-7-3-5-9-13-17(21)22)16(20(26)28-2)12-8-4-6-10-14-18(23)24/h15-16H,3-14H2,1-2H3,(H,21,22)(H,23,24). The van der Waals surface area contributed by atoms with Gasteiger partial charge in [0.25, 0.3) is 0 Å².